The van der Waals surface area contributed by atoms with Crippen molar-refractivity contribution >= 4 is 17.5 Å². The molecule has 100 valence electrons. The number of carbonyl (C=O) groups is 1. The Morgan fingerprint density at radius 2 is 2.16 bits per heavy atom. The maximum atomic E-state index is 12.1. The zero-order valence-electron chi connectivity index (χ0n) is 10.8. The van der Waals surface area contributed by atoms with Gasteiger partial charge in [-0.3, -0.25) is 4.79 Å². The van der Waals surface area contributed by atoms with Crippen molar-refractivity contribution in [2.45, 2.75) is 24.8 Å². The lowest BCUT2D eigenvalue weighted by Crippen LogP contribution is -2.74. The van der Waals surface area contributed by atoms with Gasteiger partial charge in [-0.15, -0.1) is 0 Å². The summed E-state index contributed by atoms with van der Waals surface area (Å²) < 4.78 is 4.95. The monoisotopic (exact) mass is 277 g/mol. The van der Waals surface area contributed by atoms with Gasteiger partial charge in [0.1, 0.15) is 0 Å². The molecule has 0 saturated heterocycles. The number of hydrogen-bond donors (Lipinski definition) is 1. The fraction of sp³-hybridized carbons (Fsp3) is 0.400. The Morgan fingerprint density at radius 3 is 2.79 bits per heavy atom. The average Bonchev–Trinajstić information content (AvgIpc) is 2.30. The minimum Gasteiger partial charge on any atom is -0.505 e. The largest absolute Gasteiger partial charge is 0.505 e. The first-order chi connectivity index (χ1) is 9.06. The number of benzene rings is 1. The molecule has 3 aliphatic rings. The quantitative estimate of drug-likeness (QED) is 0.859. The van der Waals surface area contributed by atoms with E-state index in [0.29, 0.717) is 10.6 Å². The normalized spacial score (nSPS) is 31.5. The van der Waals surface area contributed by atoms with Gasteiger partial charge >= 0.3 is 0 Å². The molecule has 0 radical (unpaired) electrons. The lowest BCUT2D eigenvalue weighted by molar-refractivity contribution is -0.110. The summed E-state index contributed by atoms with van der Waals surface area (Å²) in [5.41, 5.74) is 0.883. The van der Waals surface area contributed by atoms with Crippen molar-refractivity contribution < 1.29 is 9.53 Å². The second-order valence-corrected chi connectivity index (χ2v) is 6.11. The van der Waals surface area contributed by atoms with Crippen LogP contribution in [0.25, 0.3) is 0 Å². The molecule has 1 N–H and O–H groups in total. The molecule has 0 aliphatic heterocycles. The van der Waals surface area contributed by atoms with E-state index in [-0.39, 0.29) is 16.9 Å². The summed E-state index contributed by atoms with van der Waals surface area (Å²) >= 11 is 5.89. The molecule has 3 saturated carbocycles. The number of nitrogens with one attached hydrogen (secondary N) is 1. The first kappa shape index (κ1) is 12.5. The van der Waals surface area contributed by atoms with Gasteiger partial charge in [0.25, 0.3) is 5.91 Å². The highest BCUT2D eigenvalue weighted by molar-refractivity contribution is 6.30. The van der Waals surface area contributed by atoms with Gasteiger partial charge in [0.15, 0.2) is 0 Å². The minimum atomic E-state index is -0.0356. The summed E-state index contributed by atoms with van der Waals surface area (Å²) in [4.78, 5) is 12.1. The predicted octanol–water partition coefficient (Wildman–Crippen LogP) is 3.15. The van der Waals surface area contributed by atoms with Gasteiger partial charge in [0, 0.05) is 16.1 Å². The van der Waals surface area contributed by atoms with Crippen LogP contribution in [0, 0.1) is 5.41 Å². The first-order valence-corrected chi connectivity index (χ1v) is 6.73. The Hall–Kier alpha value is -1.48. The number of ether oxygens (including phenoxy) is 1. The van der Waals surface area contributed by atoms with Crippen LogP contribution in [-0.2, 0) is 4.74 Å². The van der Waals surface area contributed by atoms with E-state index in [1.165, 1.54) is 0 Å². The molecular formula is C15H16ClNO2. The van der Waals surface area contributed by atoms with E-state index in [1.807, 2.05) is 0 Å². The number of hydrogen-bond acceptors (Lipinski definition) is 2. The highest BCUT2D eigenvalue weighted by Gasteiger charge is 2.67. The van der Waals surface area contributed by atoms with Gasteiger partial charge in [-0.2, -0.15) is 0 Å². The first-order valence-electron chi connectivity index (χ1n) is 6.35. The van der Waals surface area contributed by atoms with E-state index in [4.69, 9.17) is 16.3 Å². The van der Waals surface area contributed by atoms with Crippen LogP contribution in [-0.4, -0.2) is 18.6 Å². The molecule has 0 heterocycles. The van der Waals surface area contributed by atoms with Crippen molar-refractivity contribution in [2.24, 2.45) is 5.41 Å². The third kappa shape index (κ3) is 2.12. The summed E-state index contributed by atoms with van der Waals surface area (Å²) in [5.74, 6) is -0.0356. The summed E-state index contributed by atoms with van der Waals surface area (Å²) in [6.45, 7) is 0. The van der Waals surface area contributed by atoms with Crippen LogP contribution in [0.2, 0.25) is 5.02 Å². The van der Waals surface area contributed by atoms with Gasteiger partial charge in [0.2, 0.25) is 0 Å². The van der Waals surface area contributed by atoms with Crippen LogP contribution in [0.15, 0.2) is 36.6 Å². The molecule has 0 spiro atoms. The zero-order chi connectivity index (χ0) is 13.5. The molecule has 1 aromatic carbocycles. The molecule has 19 heavy (non-hydrogen) atoms. The van der Waals surface area contributed by atoms with Crippen LogP contribution < -0.4 is 5.32 Å². The Labute approximate surface area is 117 Å². The average molecular weight is 278 g/mol. The van der Waals surface area contributed by atoms with Gasteiger partial charge in [-0.25, -0.2) is 0 Å². The molecule has 3 nitrogen and oxygen atoms in total. The van der Waals surface area contributed by atoms with Crippen molar-refractivity contribution in [3.8, 4) is 0 Å². The van der Waals surface area contributed by atoms with Crippen molar-refractivity contribution in [2.75, 3.05) is 7.11 Å². The topological polar surface area (TPSA) is 38.3 Å². The maximum absolute atomic E-state index is 12.1. The zero-order valence-corrected chi connectivity index (χ0v) is 11.5. The third-order valence-electron chi connectivity index (χ3n) is 4.09. The highest BCUT2D eigenvalue weighted by Crippen LogP contribution is 2.68. The number of carbonyl (C=O) groups excluding carboxylic acids is 1. The van der Waals surface area contributed by atoms with Crippen LogP contribution in [0.3, 0.4) is 0 Å². The van der Waals surface area contributed by atoms with Gasteiger partial charge < -0.3 is 10.1 Å². The summed E-state index contributed by atoms with van der Waals surface area (Å²) in [6.07, 6.45) is 6.87. The van der Waals surface area contributed by atoms with Crippen molar-refractivity contribution in [3.05, 3.63) is 47.2 Å². The molecule has 3 aliphatic carbocycles. The Kier molecular flexibility index (Phi) is 2.82. The van der Waals surface area contributed by atoms with E-state index in [1.54, 1.807) is 37.6 Å². The Bertz CT molecular complexity index is 533. The fourth-order valence-electron chi connectivity index (χ4n) is 3.33. The van der Waals surface area contributed by atoms with E-state index in [9.17, 15) is 4.79 Å². The van der Waals surface area contributed by atoms with E-state index < -0.39 is 0 Å². The molecule has 0 unspecified atom stereocenters. The third-order valence-corrected chi connectivity index (χ3v) is 4.33. The van der Waals surface area contributed by atoms with Gasteiger partial charge in [-0.05, 0) is 49.0 Å². The molecule has 3 fully saturated rings. The van der Waals surface area contributed by atoms with Crippen LogP contribution in [0.4, 0.5) is 0 Å². The molecular weight excluding hydrogens is 262 g/mol. The van der Waals surface area contributed by atoms with Crippen molar-refractivity contribution in [1.82, 2.24) is 5.32 Å². The molecule has 1 amide bonds. The number of methoxy groups -OCH3 is 1. The minimum absolute atomic E-state index is 0.00250. The van der Waals surface area contributed by atoms with E-state index in [0.717, 1.165) is 19.3 Å². The Balaban J connectivity index is 1.60. The predicted molar refractivity (Wildman–Crippen MR) is 74.1 cm³/mol. The van der Waals surface area contributed by atoms with Gasteiger partial charge in [-0.1, -0.05) is 17.7 Å². The highest BCUT2D eigenvalue weighted by atomic mass is 35.5. The fourth-order valence-corrected chi connectivity index (χ4v) is 3.52. The van der Waals surface area contributed by atoms with Crippen LogP contribution in [0.1, 0.15) is 29.6 Å². The number of rotatable bonds is 4. The molecule has 2 bridgehead atoms. The number of allylic oxidation sites excluding steroid dienone is 1. The number of halogens is 1. The second-order valence-electron chi connectivity index (χ2n) is 5.68. The lowest BCUT2D eigenvalue weighted by atomic mass is 9.39. The standard InChI is InChI=1S/C15H16ClNO2/c1-19-6-5-14-8-15(9-14,10-14)17-13(18)11-3-2-4-12(16)7-11/h2-7H,8-10H2,1H3,(H,17,18)/b6-5+. The molecule has 4 heteroatoms. The smallest absolute Gasteiger partial charge is 0.251 e. The van der Waals surface area contributed by atoms with Crippen LogP contribution >= 0.6 is 11.6 Å². The summed E-state index contributed by atoms with van der Waals surface area (Å²) in [7, 11) is 1.65. The molecule has 0 atom stereocenters. The SMILES string of the molecule is CO/C=C/C12CC(NC(=O)c3cccc(Cl)c3)(C1)C2. The van der Waals surface area contributed by atoms with E-state index in [2.05, 4.69) is 11.4 Å². The molecule has 4 rings (SSSR count). The summed E-state index contributed by atoms with van der Waals surface area (Å²) in [5, 5.41) is 3.72. The van der Waals surface area contributed by atoms with E-state index >= 15 is 0 Å². The molecule has 0 aromatic heterocycles. The van der Waals surface area contributed by atoms with Crippen LogP contribution in [0.5, 0.6) is 0 Å². The maximum Gasteiger partial charge on any atom is 0.251 e. The van der Waals surface area contributed by atoms with Crippen molar-refractivity contribution in [3.63, 3.8) is 0 Å². The molecule has 1 aromatic rings. The van der Waals surface area contributed by atoms with Crippen molar-refractivity contribution in [1.29, 1.82) is 0 Å². The second kappa shape index (κ2) is 4.27. The number of amides is 1. The lowest BCUT2D eigenvalue weighted by Gasteiger charge is -2.69. The van der Waals surface area contributed by atoms with Gasteiger partial charge in [0.05, 0.1) is 13.4 Å². The Morgan fingerprint density at radius 1 is 1.42 bits per heavy atom. The summed E-state index contributed by atoms with van der Waals surface area (Å²) in [6, 6.07) is 7.04.